The Morgan fingerprint density at radius 3 is 2.57 bits per heavy atom. The molecule has 8 nitrogen and oxygen atoms in total. The molecular formula is C19H17ClN4O4. The number of halogens is 1. The van der Waals surface area contributed by atoms with Gasteiger partial charge in [0.25, 0.3) is 0 Å². The average Bonchev–Trinajstić information content (AvgIpc) is 2.68. The number of aromatic nitrogens is 3. The van der Waals surface area contributed by atoms with Gasteiger partial charge in [-0.3, -0.25) is 0 Å². The summed E-state index contributed by atoms with van der Waals surface area (Å²) in [7, 11) is 0. The van der Waals surface area contributed by atoms with Crippen LogP contribution in [0.3, 0.4) is 0 Å². The molecule has 0 spiro atoms. The number of aromatic carboxylic acids is 1. The molecule has 1 fully saturated rings. The molecule has 2 N–H and O–H groups in total. The van der Waals surface area contributed by atoms with E-state index in [4.69, 9.17) is 21.3 Å². The number of fused-ring (bicyclic) bond motifs is 1. The predicted octanol–water partition coefficient (Wildman–Crippen LogP) is 2.89. The Bertz CT molecular complexity index is 1080. The first-order chi connectivity index (χ1) is 13.4. The fraction of sp³-hybridized carbons (Fsp3) is 0.263. The smallest absolute Gasteiger partial charge is 0.354 e. The van der Waals surface area contributed by atoms with E-state index in [1.165, 1.54) is 6.07 Å². The minimum absolute atomic E-state index is 0.130. The van der Waals surface area contributed by atoms with Crippen LogP contribution in [0.15, 0.2) is 24.3 Å². The third-order valence-corrected chi connectivity index (χ3v) is 4.86. The van der Waals surface area contributed by atoms with Gasteiger partial charge in [-0.25, -0.2) is 19.7 Å². The van der Waals surface area contributed by atoms with Crippen molar-refractivity contribution in [1.82, 2.24) is 15.0 Å². The minimum Gasteiger partial charge on any atom is -0.508 e. The molecule has 1 aliphatic heterocycles. The molecule has 9 heteroatoms. The number of rotatable bonds is 3. The number of benzene rings is 1. The first kappa shape index (κ1) is 18.4. The summed E-state index contributed by atoms with van der Waals surface area (Å²) in [4.78, 5) is 26.9. The van der Waals surface area contributed by atoms with Gasteiger partial charge in [-0.2, -0.15) is 0 Å². The molecule has 0 radical (unpaired) electrons. The second-order valence-corrected chi connectivity index (χ2v) is 6.87. The molecular weight excluding hydrogens is 384 g/mol. The average molecular weight is 401 g/mol. The van der Waals surface area contributed by atoms with E-state index in [1.807, 2.05) is 11.8 Å². The van der Waals surface area contributed by atoms with Gasteiger partial charge in [0, 0.05) is 18.7 Å². The molecule has 1 aromatic carbocycles. The number of anilines is 1. The van der Waals surface area contributed by atoms with Crippen LogP contribution in [0.2, 0.25) is 5.02 Å². The monoisotopic (exact) mass is 400 g/mol. The molecule has 1 aliphatic rings. The number of phenolic OH excluding ortho intramolecular Hbond substituents is 1. The first-order valence-corrected chi connectivity index (χ1v) is 9.06. The summed E-state index contributed by atoms with van der Waals surface area (Å²) in [6.07, 6.45) is 0. The maximum absolute atomic E-state index is 11.5. The van der Waals surface area contributed by atoms with Gasteiger partial charge in [0.2, 0.25) is 5.95 Å². The number of carboxylic acid groups (broad SMARTS) is 1. The predicted molar refractivity (Wildman–Crippen MR) is 104 cm³/mol. The van der Waals surface area contributed by atoms with E-state index in [0.29, 0.717) is 54.5 Å². The van der Waals surface area contributed by atoms with Crippen LogP contribution in [-0.2, 0) is 4.74 Å². The van der Waals surface area contributed by atoms with Gasteiger partial charge >= 0.3 is 5.97 Å². The van der Waals surface area contributed by atoms with Gasteiger partial charge in [0.15, 0.2) is 5.69 Å². The minimum atomic E-state index is -1.19. The number of nitrogens with zero attached hydrogens (tertiary/aromatic N) is 4. The van der Waals surface area contributed by atoms with Crippen molar-refractivity contribution in [1.29, 1.82) is 0 Å². The van der Waals surface area contributed by atoms with E-state index in [0.717, 1.165) is 5.56 Å². The molecule has 4 rings (SSSR count). The molecule has 144 valence electrons. The van der Waals surface area contributed by atoms with E-state index >= 15 is 0 Å². The number of aromatic hydroxyl groups is 1. The lowest BCUT2D eigenvalue weighted by Gasteiger charge is -2.27. The zero-order valence-corrected chi connectivity index (χ0v) is 15.8. The summed E-state index contributed by atoms with van der Waals surface area (Å²) in [5, 5.41) is 19.3. The van der Waals surface area contributed by atoms with Gasteiger partial charge in [0.1, 0.15) is 22.5 Å². The van der Waals surface area contributed by atoms with E-state index in [1.54, 1.807) is 18.2 Å². The third-order valence-electron chi connectivity index (χ3n) is 4.57. The van der Waals surface area contributed by atoms with Crippen LogP contribution in [0.1, 0.15) is 16.1 Å². The third kappa shape index (κ3) is 3.32. The van der Waals surface area contributed by atoms with Crippen LogP contribution in [0.5, 0.6) is 5.75 Å². The number of carbonyl (C=O) groups is 1. The molecule has 0 atom stereocenters. The van der Waals surface area contributed by atoms with E-state index in [2.05, 4.69) is 9.97 Å². The summed E-state index contributed by atoms with van der Waals surface area (Å²) in [6.45, 7) is 4.24. The van der Waals surface area contributed by atoms with Crippen molar-refractivity contribution in [3.63, 3.8) is 0 Å². The molecule has 3 aromatic rings. The zero-order chi connectivity index (χ0) is 19.8. The zero-order valence-electron chi connectivity index (χ0n) is 15.0. The fourth-order valence-electron chi connectivity index (χ4n) is 3.17. The molecule has 0 bridgehead atoms. The number of aryl methyl sites for hydroxylation is 1. The maximum Gasteiger partial charge on any atom is 0.354 e. The van der Waals surface area contributed by atoms with Crippen LogP contribution in [0.4, 0.5) is 5.95 Å². The van der Waals surface area contributed by atoms with E-state index in [9.17, 15) is 15.0 Å². The summed E-state index contributed by atoms with van der Waals surface area (Å²) in [5.41, 5.74) is 2.45. The Labute approximate surface area is 165 Å². The van der Waals surface area contributed by atoms with Crippen molar-refractivity contribution in [2.45, 2.75) is 6.92 Å². The van der Waals surface area contributed by atoms with E-state index in [-0.39, 0.29) is 16.5 Å². The Morgan fingerprint density at radius 1 is 1.14 bits per heavy atom. The molecule has 0 aliphatic carbocycles. The number of morpholine rings is 1. The fourth-order valence-corrected chi connectivity index (χ4v) is 3.41. The summed E-state index contributed by atoms with van der Waals surface area (Å²) >= 11 is 6.36. The van der Waals surface area contributed by atoms with Gasteiger partial charge in [-0.1, -0.05) is 11.6 Å². The molecule has 1 saturated heterocycles. The Balaban J connectivity index is 2.01. The largest absolute Gasteiger partial charge is 0.508 e. The first-order valence-electron chi connectivity index (χ1n) is 8.68. The number of ether oxygens (including phenoxy) is 1. The highest BCUT2D eigenvalue weighted by Gasteiger charge is 2.22. The molecule has 0 saturated carbocycles. The van der Waals surface area contributed by atoms with Gasteiger partial charge < -0.3 is 19.8 Å². The van der Waals surface area contributed by atoms with Crippen molar-refractivity contribution < 1.29 is 19.7 Å². The second-order valence-electron chi connectivity index (χ2n) is 6.46. The molecule has 3 heterocycles. The topological polar surface area (TPSA) is 109 Å². The molecule has 0 unspecified atom stereocenters. The Kier molecular flexibility index (Phi) is 4.74. The molecule has 2 aromatic heterocycles. The summed E-state index contributed by atoms with van der Waals surface area (Å²) in [5.74, 6) is -0.579. The Morgan fingerprint density at radius 2 is 1.89 bits per heavy atom. The van der Waals surface area contributed by atoms with Crippen molar-refractivity contribution in [3.8, 4) is 17.0 Å². The van der Waals surface area contributed by atoms with Crippen molar-refractivity contribution in [2.24, 2.45) is 0 Å². The van der Waals surface area contributed by atoms with Gasteiger partial charge in [0.05, 0.1) is 18.2 Å². The highest BCUT2D eigenvalue weighted by atomic mass is 35.5. The SMILES string of the molecule is Cc1cc(O)ccc1-c1nc(N2CCOCC2)nc2c(Cl)cc(C(=O)O)nc12. The standard InChI is InChI=1S/C19H17ClN4O4/c1-10-8-11(25)2-3-12(10)15-17-16(13(20)9-14(21-17)18(26)27)23-19(22-15)24-4-6-28-7-5-24/h2-3,8-9,25H,4-7H2,1H3,(H,26,27). The highest BCUT2D eigenvalue weighted by Crippen LogP contribution is 2.34. The summed E-state index contributed by atoms with van der Waals surface area (Å²) < 4.78 is 5.39. The number of hydrogen-bond acceptors (Lipinski definition) is 7. The lowest BCUT2D eigenvalue weighted by molar-refractivity contribution is 0.0691. The highest BCUT2D eigenvalue weighted by molar-refractivity contribution is 6.35. The number of pyridine rings is 1. The van der Waals surface area contributed by atoms with Gasteiger partial charge in [-0.15, -0.1) is 0 Å². The van der Waals surface area contributed by atoms with Crippen LogP contribution < -0.4 is 4.90 Å². The quantitative estimate of drug-likeness (QED) is 0.690. The van der Waals surface area contributed by atoms with Crippen LogP contribution >= 0.6 is 11.6 Å². The Hall–Kier alpha value is -2.97. The van der Waals surface area contributed by atoms with Crippen LogP contribution in [0.25, 0.3) is 22.3 Å². The lowest BCUT2D eigenvalue weighted by Crippen LogP contribution is -2.37. The maximum atomic E-state index is 11.5. The molecule has 0 amide bonds. The van der Waals surface area contributed by atoms with Gasteiger partial charge in [-0.05, 0) is 36.8 Å². The lowest BCUT2D eigenvalue weighted by atomic mass is 10.0. The van der Waals surface area contributed by atoms with Crippen molar-refractivity contribution >= 4 is 34.6 Å². The van der Waals surface area contributed by atoms with Crippen molar-refractivity contribution in [3.05, 3.63) is 40.5 Å². The van der Waals surface area contributed by atoms with Crippen LogP contribution in [0, 0.1) is 6.92 Å². The second kappa shape index (κ2) is 7.21. The van der Waals surface area contributed by atoms with E-state index < -0.39 is 5.97 Å². The summed E-state index contributed by atoms with van der Waals surface area (Å²) in [6, 6.07) is 6.17. The number of phenols is 1. The molecule has 28 heavy (non-hydrogen) atoms. The van der Waals surface area contributed by atoms with Crippen molar-refractivity contribution in [2.75, 3.05) is 31.2 Å². The normalized spacial score (nSPS) is 14.4. The van der Waals surface area contributed by atoms with Crippen LogP contribution in [-0.4, -0.2) is 57.4 Å². The number of carboxylic acids is 1. The number of hydrogen-bond donors (Lipinski definition) is 2.